The quantitative estimate of drug-likeness (QED) is 0.583. The van der Waals surface area contributed by atoms with Crippen LogP contribution in [0.15, 0.2) is 0 Å². The topological polar surface area (TPSA) is 49.3 Å². The van der Waals surface area contributed by atoms with E-state index < -0.39 is 5.60 Å². The molecule has 1 unspecified atom stereocenters. The molecule has 2 N–H and O–H groups in total. The molecule has 0 spiro atoms. The summed E-state index contributed by atoms with van der Waals surface area (Å²) >= 11 is 0. The summed E-state index contributed by atoms with van der Waals surface area (Å²) in [4.78, 5) is 11.2. The molecule has 0 heterocycles. The van der Waals surface area contributed by atoms with Gasteiger partial charge in [-0.15, -0.1) is 12.3 Å². The molecular weight excluding hydrogens is 154 g/mol. The summed E-state index contributed by atoms with van der Waals surface area (Å²) in [7, 11) is 0. The van der Waals surface area contributed by atoms with Crippen LogP contribution in [-0.4, -0.2) is 22.7 Å². The minimum absolute atomic E-state index is 0.0611. The lowest BCUT2D eigenvalue weighted by molar-refractivity contribution is -0.137. The van der Waals surface area contributed by atoms with Crippen LogP contribution in [0.25, 0.3) is 0 Å². The zero-order valence-electron chi connectivity index (χ0n) is 7.13. The highest BCUT2D eigenvalue weighted by atomic mass is 16.3. The number of terminal acetylenes is 1. The molecule has 0 aromatic carbocycles. The van der Waals surface area contributed by atoms with Crippen LogP contribution in [0.4, 0.5) is 0 Å². The molecule has 0 aliphatic heterocycles. The molecule has 66 valence electrons. The van der Waals surface area contributed by atoms with Crippen molar-refractivity contribution in [2.75, 3.05) is 0 Å². The Kier molecular flexibility index (Phi) is 2.39. The largest absolute Gasteiger partial charge is 0.379 e. The zero-order chi connectivity index (χ0) is 9.19. The first-order valence-electron chi connectivity index (χ1n) is 4.03. The van der Waals surface area contributed by atoms with E-state index in [9.17, 15) is 9.90 Å². The van der Waals surface area contributed by atoms with Gasteiger partial charge in [-0.3, -0.25) is 4.79 Å². The maximum absolute atomic E-state index is 11.2. The van der Waals surface area contributed by atoms with Crippen molar-refractivity contribution in [3.63, 3.8) is 0 Å². The van der Waals surface area contributed by atoms with Gasteiger partial charge >= 0.3 is 0 Å². The Bertz CT molecular complexity index is 223. The van der Waals surface area contributed by atoms with Gasteiger partial charge in [0.25, 0.3) is 5.91 Å². The molecule has 1 saturated carbocycles. The fourth-order valence-electron chi connectivity index (χ4n) is 0.848. The molecule has 0 saturated heterocycles. The second-order valence-corrected chi connectivity index (χ2v) is 3.40. The first-order chi connectivity index (χ1) is 5.56. The smallest absolute Gasteiger partial charge is 0.252 e. The van der Waals surface area contributed by atoms with Gasteiger partial charge < -0.3 is 10.4 Å². The van der Waals surface area contributed by atoms with E-state index >= 15 is 0 Å². The molecule has 0 aromatic rings. The van der Waals surface area contributed by atoms with Gasteiger partial charge in [0.15, 0.2) is 5.60 Å². The van der Waals surface area contributed by atoms with E-state index in [1.54, 1.807) is 0 Å². The number of hydrogen-bond acceptors (Lipinski definition) is 2. The molecule has 0 radical (unpaired) electrons. The van der Waals surface area contributed by atoms with Gasteiger partial charge in [0.1, 0.15) is 0 Å². The molecule has 0 bridgehead atoms. The lowest BCUT2D eigenvalue weighted by Gasteiger charge is -2.19. The Labute approximate surface area is 72.2 Å². The van der Waals surface area contributed by atoms with Crippen LogP contribution in [0, 0.1) is 12.3 Å². The van der Waals surface area contributed by atoms with E-state index in [-0.39, 0.29) is 18.4 Å². The first-order valence-corrected chi connectivity index (χ1v) is 4.03. The Morgan fingerprint density at radius 3 is 2.83 bits per heavy atom. The van der Waals surface area contributed by atoms with Crippen LogP contribution in [-0.2, 0) is 4.79 Å². The number of hydrogen-bond donors (Lipinski definition) is 2. The van der Waals surface area contributed by atoms with Crippen LogP contribution < -0.4 is 5.32 Å². The maximum Gasteiger partial charge on any atom is 0.252 e. The summed E-state index contributed by atoms with van der Waals surface area (Å²) in [5.74, 6) is 1.91. The summed E-state index contributed by atoms with van der Waals surface area (Å²) in [6.07, 6.45) is 7.09. The Hall–Kier alpha value is -1.01. The fraction of sp³-hybridized carbons (Fsp3) is 0.667. The van der Waals surface area contributed by atoms with Crippen LogP contribution in [0.1, 0.15) is 26.2 Å². The average molecular weight is 167 g/mol. The highest BCUT2D eigenvalue weighted by molar-refractivity contribution is 5.85. The second-order valence-electron chi connectivity index (χ2n) is 3.40. The second kappa shape index (κ2) is 3.16. The molecule has 3 nitrogen and oxygen atoms in total. The third-order valence-corrected chi connectivity index (χ3v) is 1.85. The molecule has 0 aromatic heterocycles. The predicted octanol–water partition coefficient (Wildman–Crippen LogP) is 0.0393. The van der Waals surface area contributed by atoms with E-state index in [4.69, 9.17) is 6.42 Å². The normalized spacial score (nSPS) is 20.8. The Morgan fingerprint density at radius 2 is 2.42 bits per heavy atom. The number of nitrogens with one attached hydrogen (secondary N) is 1. The van der Waals surface area contributed by atoms with Crippen molar-refractivity contribution in [1.29, 1.82) is 0 Å². The van der Waals surface area contributed by atoms with Crippen molar-refractivity contribution in [3.8, 4) is 12.3 Å². The summed E-state index contributed by atoms with van der Waals surface area (Å²) in [6.45, 7) is 1.44. The number of carbonyl (C=O) groups excluding carboxylic acids is 1. The third-order valence-electron chi connectivity index (χ3n) is 1.85. The molecule has 1 aliphatic rings. The van der Waals surface area contributed by atoms with E-state index in [0.29, 0.717) is 0 Å². The minimum Gasteiger partial charge on any atom is -0.379 e. The van der Waals surface area contributed by atoms with Crippen LogP contribution >= 0.6 is 0 Å². The number of rotatable bonds is 3. The highest BCUT2D eigenvalue weighted by Crippen LogP contribution is 2.20. The zero-order valence-corrected chi connectivity index (χ0v) is 7.13. The van der Waals surface area contributed by atoms with Crippen LogP contribution in [0.2, 0.25) is 0 Å². The van der Waals surface area contributed by atoms with E-state index in [2.05, 4.69) is 11.2 Å². The molecule has 1 rings (SSSR count). The van der Waals surface area contributed by atoms with Gasteiger partial charge in [0.05, 0.1) is 0 Å². The average Bonchev–Trinajstić information content (AvgIpc) is 2.71. The van der Waals surface area contributed by atoms with E-state index in [1.807, 2.05) is 0 Å². The molecule has 1 atom stereocenters. The van der Waals surface area contributed by atoms with Gasteiger partial charge in [-0.1, -0.05) is 0 Å². The molecule has 3 heteroatoms. The Balaban J connectivity index is 2.42. The van der Waals surface area contributed by atoms with Crippen molar-refractivity contribution in [1.82, 2.24) is 5.32 Å². The lowest BCUT2D eigenvalue weighted by Crippen LogP contribution is -2.45. The third kappa shape index (κ3) is 2.24. The molecule has 1 amide bonds. The highest BCUT2D eigenvalue weighted by Gasteiger charge is 2.33. The van der Waals surface area contributed by atoms with E-state index in [1.165, 1.54) is 6.92 Å². The van der Waals surface area contributed by atoms with Crippen LogP contribution in [0.5, 0.6) is 0 Å². The van der Waals surface area contributed by atoms with Gasteiger partial charge in [-0.05, 0) is 19.8 Å². The van der Waals surface area contributed by atoms with Crippen molar-refractivity contribution in [2.45, 2.75) is 37.8 Å². The molecule has 1 fully saturated rings. The molecule has 12 heavy (non-hydrogen) atoms. The summed E-state index contributed by atoms with van der Waals surface area (Å²) in [5, 5.41) is 12.2. The van der Waals surface area contributed by atoms with E-state index in [0.717, 1.165) is 12.8 Å². The fourth-order valence-corrected chi connectivity index (χ4v) is 0.848. The molecule has 1 aliphatic carbocycles. The number of amides is 1. The van der Waals surface area contributed by atoms with Crippen molar-refractivity contribution >= 4 is 5.91 Å². The van der Waals surface area contributed by atoms with Gasteiger partial charge in [-0.2, -0.15) is 0 Å². The minimum atomic E-state index is -1.41. The SMILES string of the molecule is C#CCC(C)(O)C(=O)NC1CC1. The summed E-state index contributed by atoms with van der Waals surface area (Å²) in [5.41, 5.74) is -1.41. The predicted molar refractivity (Wildman–Crippen MR) is 45.2 cm³/mol. The van der Waals surface area contributed by atoms with Crippen LogP contribution in [0.3, 0.4) is 0 Å². The van der Waals surface area contributed by atoms with Gasteiger partial charge in [-0.25, -0.2) is 0 Å². The lowest BCUT2D eigenvalue weighted by atomic mass is 10.0. The Morgan fingerprint density at radius 1 is 1.83 bits per heavy atom. The van der Waals surface area contributed by atoms with Crippen molar-refractivity contribution in [2.24, 2.45) is 0 Å². The van der Waals surface area contributed by atoms with Gasteiger partial charge in [0.2, 0.25) is 0 Å². The summed E-state index contributed by atoms with van der Waals surface area (Å²) in [6, 6.07) is 0.266. The maximum atomic E-state index is 11.2. The first kappa shape index (κ1) is 9.08. The van der Waals surface area contributed by atoms with Gasteiger partial charge in [0, 0.05) is 12.5 Å². The summed E-state index contributed by atoms with van der Waals surface area (Å²) < 4.78 is 0. The monoisotopic (exact) mass is 167 g/mol. The van der Waals surface area contributed by atoms with Crippen molar-refractivity contribution < 1.29 is 9.90 Å². The number of aliphatic hydroxyl groups is 1. The standard InChI is InChI=1S/C9H13NO2/c1-3-6-9(2,12)8(11)10-7-4-5-7/h1,7,12H,4-6H2,2H3,(H,10,11). The molecular formula is C9H13NO2. The van der Waals surface area contributed by atoms with Crippen molar-refractivity contribution in [3.05, 3.63) is 0 Å². The number of carbonyl (C=O) groups is 1.